The van der Waals surface area contributed by atoms with E-state index in [2.05, 4.69) is 5.32 Å². The standard InChI is InChI=1S/C14H20N2O2/c1-10-6-12(14(15)17)2-3-13(10)9-18-8-11-4-5-16-7-11/h2-3,6,11,16H,4-5,7-9H2,1H3,(H2,15,17). The number of amides is 1. The molecule has 1 atom stereocenters. The molecule has 0 aliphatic carbocycles. The number of nitrogens with one attached hydrogen (secondary N) is 1. The van der Waals surface area contributed by atoms with E-state index in [4.69, 9.17) is 10.5 Å². The Bertz CT molecular complexity index is 426. The van der Waals surface area contributed by atoms with Gasteiger partial charge < -0.3 is 15.8 Å². The molecule has 1 aromatic rings. The van der Waals surface area contributed by atoms with Crippen LogP contribution in [-0.4, -0.2) is 25.6 Å². The molecule has 0 saturated carbocycles. The highest BCUT2D eigenvalue weighted by Crippen LogP contribution is 2.14. The lowest BCUT2D eigenvalue weighted by molar-refractivity contribution is 0.0920. The third-order valence-electron chi connectivity index (χ3n) is 3.40. The van der Waals surface area contributed by atoms with Crippen molar-refractivity contribution >= 4 is 5.91 Å². The smallest absolute Gasteiger partial charge is 0.248 e. The lowest BCUT2D eigenvalue weighted by Gasteiger charge is -2.11. The summed E-state index contributed by atoms with van der Waals surface area (Å²) >= 11 is 0. The molecule has 4 heteroatoms. The van der Waals surface area contributed by atoms with Crippen LogP contribution in [0.2, 0.25) is 0 Å². The van der Waals surface area contributed by atoms with Crippen LogP contribution in [0.1, 0.15) is 27.9 Å². The first-order valence-corrected chi connectivity index (χ1v) is 6.34. The molecule has 1 saturated heterocycles. The Morgan fingerprint density at radius 1 is 1.56 bits per heavy atom. The van der Waals surface area contributed by atoms with Crippen LogP contribution >= 0.6 is 0 Å². The molecular formula is C14H20N2O2. The fourth-order valence-electron chi connectivity index (χ4n) is 2.20. The molecule has 1 fully saturated rings. The molecule has 98 valence electrons. The van der Waals surface area contributed by atoms with E-state index >= 15 is 0 Å². The molecule has 1 aliphatic heterocycles. The Labute approximate surface area is 108 Å². The molecular weight excluding hydrogens is 228 g/mol. The summed E-state index contributed by atoms with van der Waals surface area (Å²) in [5.74, 6) is 0.248. The summed E-state index contributed by atoms with van der Waals surface area (Å²) < 4.78 is 5.73. The fraction of sp³-hybridized carbons (Fsp3) is 0.500. The van der Waals surface area contributed by atoms with E-state index < -0.39 is 0 Å². The number of ether oxygens (including phenoxy) is 1. The van der Waals surface area contributed by atoms with Crippen LogP contribution in [-0.2, 0) is 11.3 Å². The average molecular weight is 248 g/mol. The van der Waals surface area contributed by atoms with Crippen LogP contribution in [0, 0.1) is 12.8 Å². The van der Waals surface area contributed by atoms with E-state index in [-0.39, 0.29) is 5.91 Å². The number of hydrogen-bond acceptors (Lipinski definition) is 3. The van der Waals surface area contributed by atoms with Crippen molar-refractivity contribution in [3.05, 3.63) is 34.9 Å². The van der Waals surface area contributed by atoms with Crippen LogP contribution in [0.4, 0.5) is 0 Å². The first kappa shape index (κ1) is 13.1. The number of carbonyl (C=O) groups excluding carboxylic acids is 1. The second kappa shape index (κ2) is 5.98. The largest absolute Gasteiger partial charge is 0.376 e. The number of aryl methyl sites for hydroxylation is 1. The predicted octanol–water partition coefficient (Wildman–Crippen LogP) is 1.22. The Kier molecular flexibility index (Phi) is 4.33. The molecule has 0 bridgehead atoms. The molecule has 4 nitrogen and oxygen atoms in total. The normalized spacial score (nSPS) is 19.1. The summed E-state index contributed by atoms with van der Waals surface area (Å²) in [5.41, 5.74) is 7.96. The van der Waals surface area contributed by atoms with E-state index in [0.717, 1.165) is 30.8 Å². The van der Waals surface area contributed by atoms with Crippen molar-refractivity contribution < 1.29 is 9.53 Å². The average Bonchev–Trinajstić information content (AvgIpc) is 2.84. The zero-order chi connectivity index (χ0) is 13.0. The van der Waals surface area contributed by atoms with E-state index in [0.29, 0.717) is 18.1 Å². The van der Waals surface area contributed by atoms with E-state index in [9.17, 15) is 4.79 Å². The van der Waals surface area contributed by atoms with Crippen molar-refractivity contribution in [1.82, 2.24) is 5.32 Å². The highest BCUT2D eigenvalue weighted by Gasteiger charge is 2.14. The van der Waals surface area contributed by atoms with Crippen molar-refractivity contribution in [3.8, 4) is 0 Å². The molecule has 18 heavy (non-hydrogen) atoms. The van der Waals surface area contributed by atoms with Crippen molar-refractivity contribution in [3.63, 3.8) is 0 Å². The predicted molar refractivity (Wildman–Crippen MR) is 70.3 cm³/mol. The SMILES string of the molecule is Cc1cc(C(N)=O)ccc1COCC1CCNC1. The molecule has 1 amide bonds. The highest BCUT2D eigenvalue weighted by molar-refractivity contribution is 5.93. The first-order chi connectivity index (χ1) is 8.66. The van der Waals surface area contributed by atoms with Gasteiger partial charge in [-0.15, -0.1) is 0 Å². The summed E-state index contributed by atoms with van der Waals surface area (Å²) in [4.78, 5) is 11.0. The van der Waals surface area contributed by atoms with Gasteiger partial charge in [0.25, 0.3) is 0 Å². The number of primary amides is 1. The molecule has 0 spiro atoms. The zero-order valence-corrected chi connectivity index (χ0v) is 10.7. The lowest BCUT2D eigenvalue weighted by atomic mass is 10.1. The Morgan fingerprint density at radius 2 is 2.39 bits per heavy atom. The van der Waals surface area contributed by atoms with Gasteiger partial charge in [0.2, 0.25) is 5.91 Å². The van der Waals surface area contributed by atoms with Crippen LogP contribution in [0.25, 0.3) is 0 Å². The number of nitrogens with two attached hydrogens (primary N) is 1. The molecule has 1 heterocycles. The summed E-state index contributed by atoms with van der Waals surface area (Å²) in [7, 11) is 0. The van der Waals surface area contributed by atoms with Crippen molar-refractivity contribution in [2.45, 2.75) is 20.0 Å². The van der Waals surface area contributed by atoms with Gasteiger partial charge in [-0.2, -0.15) is 0 Å². The second-order valence-corrected chi connectivity index (χ2v) is 4.88. The Balaban J connectivity index is 1.87. The third-order valence-corrected chi connectivity index (χ3v) is 3.40. The van der Waals surface area contributed by atoms with Gasteiger partial charge in [-0.25, -0.2) is 0 Å². The summed E-state index contributed by atoms with van der Waals surface area (Å²) in [6, 6.07) is 5.49. The molecule has 1 aliphatic rings. The molecule has 0 radical (unpaired) electrons. The summed E-state index contributed by atoms with van der Waals surface area (Å²) in [6.45, 7) is 5.52. The monoisotopic (exact) mass is 248 g/mol. The highest BCUT2D eigenvalue weighted by atomic mass is 16.5. The summed E-state index contributed by atoms with van der Waals surface area (Å²) in [6.07, 6.45) is 1.19. The maximum absolute atomic E-state index is 11.0. The van der Waals surface area contributed by atoms with Crippen molar-refractivity contribution in [2.75, 3.05) is 19.7 Å². The first-order valence-electron chi connectivity index (χ1n) is 6.34. The van der Waals surface area contributed by atoms with Gasteiger partial charge in [-0.3, -0.25) is 4.79 Å². The molecule has 1 aromatic carbocycles. The van der Waals surface area contributed by atoms with Gasteiger partial charge >= 0.3 is 0 Å². The van der Waals surface area contributed by atoms with Crippen LogP contribution in [0.3, 0.4) is 0 Å². The number of hydrogen-bond donors (Lipinski definition) is 2. The maximum Gasteiger partial charge on any atom is 0.248 e. The van der Waals surface area contributed by atoms with E-state index in [1.807, 2.05) is 19.1 Å². The Hall–Kier alpha value is -1.39. The molecule has 0 aromatic heterocycles. The maximum atomic E-state index is 11.0. The molecule has 3 N–H and O–H groups in total. The minimum absolute atomic E-state index is 0.386. The second-order valence-electron chi connectivity index (χ2n) is 4.88. The minimum atomic E-state index is -0.386. The quantitative estimate of drug-likeness (QED) is 0.823. The summed E-state index contributed by atoms with van der Waals surface area (Å²) in [5, 5.41) is 3.32. The molecule has 2 rings (SSSR count). The minimum Gasteiger partial charge on any atom is -0.376 e. The van der Waals surface area contributed by atoms with Crippen molar-refractivity contribution in [2.24, 2.45) is 11.7 Å². The zero-order valence-electron chi connectivity index (χ0n) is 10.7. The number of benzene rings is 1. The topological polar surface area (TPSA) is 64.4 Å². The van der Waals surface area contributed by atoms with Crippen LogP contribution in [0.5, 0.6) is 0 Å². The van der Waals surface area contributed by atoms with Crippen molar-refractivity contribution in [1.29, 1.82) is 0 Å². The molecule has 1 unspecified atom stereocenters. The third kappa shape index (κ3) is 3.31. The number of carbonyl (C=O) groups is 1. The van der Waals surface area contributed by atoms with E-state index in [1.165, 1.54) is 6.42 Å². The number of rotatable bonds is 5. The van der Waals surface area contributed by atoms with E-state index in [1.54, 1.807) is 6.07 Å². The lowest BCUT2D eigenvalue weighted by Crippen LogP contribution is -2.14. The van der Waals surface area contributed by atoms with Gasteiger partial charge in [-0.1, -0.05) is 6.07 Å². The van der Waals surface area contributed by atoms with Gasteiger partial charge in [0, 0.05) is 12.1 Å². The Morgan fingerprint density at radius 3 is 3.00 bits per heavy atom. The van der Waals surface area contributed by atoms with Gasteiger partial charge in [0.1, 0.15) is 0 Å². The van der Waals surface area contributed by atoms with Crippen LogP contribution in [0.15, 0.2) is 18.2 Å². The van der Waals surface area contributed by atoms with Gasteiger partial charge in [0.15, 0.2) is 0 Å². The van der Waals surface area contributed by atoms with Gasteiger partial charge in [0.05, 0.1) is 13.2 Å². The van der Waals surface area contributed by atoms with Crippen LogP contribution < -0.4 is 11.1 Å². The fourth-order valence-corrected chi connectivity index (χ4v) is 2.20. The van der Waals surface area contributed by atoms with Gasteiger partial charge in [-0.05, 0) is 49.1 Å².